The van der Waals surface area contributed by atoms with Crippen LogP contribution >= 0.6 is 11.6 Å². The van der Waals surface area contributed by atoms with Crippen LogP contribution < -0.4 is 4.90 Å². The fraction of sp³-hybridized carbons (Fsp3) is 0.429. The second-order valence-corrected chi connectivity index (χ2v) is 5.12. The number of hydrogen-bond acceptors (Lipinski definition) is 3. The minimum absolute atomic E-state index is 0.0297. The molecule has 1 heterocycles. The molecule has 0 N–H and O–H groups in total. The third-order valence-corrected chi connectivity index (χ3v) is 3.73. The molecule has 19 heavy (non-hydrogen) atoms. The highest BCUT2D eigenvalue weighted by atomic mass is 35.5. The van der Waals surface area contributed by atoms with Gasteiger partial charge in [0.2, 0.25) is 5.91 Å². The van der Waals surface area contributed by atoms with Crippen molar-refractivity contribution in [3.05, 3.63) is 28.8 Å². The summed E-state index contributed by atoms with van der Waals surface area (Å²) in [5, 5.41) is 0.485. The molecule has 0 aromatic heterocycles. The Morgan fingerprint density at radius 1 is 1.11 bits per heavy atom. The highest BCUT2D eigenvalue weighted by molar-refractivity contribution is 6.34. The van der Waals surface area contributed by atoms with Gasteiger partial charge in [0.05, 0.1) is 5.02 Å². The second kappa shape index (κ2) is 5.61. The number of hydrogen-bond donors (Lipinski definition) is 0. The predicted octanol–water partition coefficient (Wildman–Crippen LogP) is 2.21. The molecule has 0 atom stereocenters. The van der Waals surface area contributed by atoms with E-state index in [1.807, 2.05) is 17.0 Å². The van der Waals surface area contributed by atoms with Gasteiger partial charge < -0.3 is 9.80 Å². The number of anilines is 1. The number of ketones is 1. The summed E-state index contributed by atoms with van der Waals surface area (Å²) in [5.74, 6) is 0.0857. The van der Waals surface area contributed by atoms with E-state index in [1.54, 1.807) is 13.0 Å². The monoisotopic (exact) mass is 280 g/mol. The van der Waals surface area contributed by atoms with Gasteiger partial charge in [0.15, 0.2) is 5.78 Å². The molecule has 5 heteroatoms. The zero-order valence-electron chi connectivity index (χ0n) is 11.1. The Hall–Kier alpha value is -1.55. The molecule has 0 radical (unpaired) electrons. The third kappa shape index (κ3) is 3.07. The van der Waals surface area contributed by atoms with Crippen LogP contribution in [0.4, 0.5) is 5.69 Å². The van der Waals surface area contributed by atoms with E-state index in [0.29, 0.717) is 10.6 Å². The molecule has 0 bridgehead atoms. The first-order chi connectivity index (χ1) is 8.99. The molecule has 0 aliphatic carbocycles. The molecule has 0 spiro atoms. The molecule has 1 aliphatic rings. The number of halogens is 1. The maximum Gasteiger partial charge on any atom is 0.219 e. The van der Waals surface area contributed by atoms with Crippen molar-refractivity contribution in [2.75, 3.05) is 31.1 Å². The summed E-state index contributed by atoms with van der Waals surface area (Å²) in [6.45, 7) is 6.12. The van der Waals surface area contributed by atoms with E-state index in [2.05, 4.69) is 4.90 Å². The van der Waals surface area contributed by atoms with Crippen LogP contribution in [0.3, 0.4) is 0 Å². The Morgan fingerprint density at radius 3 is 2.21 bits per heavy atom. The fourth-order valence-electron chi connectivity index (χ4n) is 2.27. The Kier molecular flexibility index (Phi) is 4.10. The molecule has 1 fully saturated rings. The molecule has 1 aromatic rings. The minimum Gasteiger partial charge on any atom is -0.368 e. The lowest BCUT2D eigenvalue weighted by molar-refractivity contribution is -0.129. The zero-order chi connectivity index (χ0) is 14.0. The maximum absolute atomic E-state index is 11.3. The first kappa shape index (κ1) is 13.9. The normalized spacial score (nSPS) is 15.5. The number of nitrogens with zero attached hydrogens (tertiary/aromatic N) is 2. The van der Waals surface area contributed by atoms with Gasteiger partial charge in [-0.15, -0.1) is 0 Å². The van der Waals surface area contributed by atoms with E-state index in [1.165, 1.54) is 6.92 Å². The van der Waals surface area contributed by atoms with Crippen molar-refractivity contribution in [1.82, 2.24) is 4.90 Å². The number of rotatable bonds is 2. The van der Waals surface area contributed by atoms with Crippen molar-refractivity contribution in [2.45, 2.75) is 13.8 Å². The van der Waals surface area contributed by atoms with E-state index < -0.39 is 0 Å². The lowest BCUT2D eigenvalue weighted by Crippen LogP contribution is -2.48. The van der Waals surface area contributed by atoms with Crippen LogP contribution in [0.15, 0.2) is 18.2 Å². The summed E-state index contributed by atoms with van der Waals surface area (Å²) >= 11 is 6.11. The van der Waals surface area contributed by atoms with Crippen LogP contribution in [0.25, 0.3) is 0 Å². The summed E-state index contributed by atoms with van der Waals surface area (Å²) in [4.78, 5) is 26.6. The number of benzene rings is 1. The lowest BCUT2D eigenvalue weighted by Gasteiger charge is -2.35. The van der Waals surface area contributed by atoms with Gasteiger partial charge in [-0.25, -0.2) is 0 Å². The van der Waals surface area contributed by atoms with Crippen molar-refractivity contribution in [1.29, 1.82) is 0 Å². The Bertz CT molecular complexity index is 508. The van der Waals surface area contributed by atoms with Crippen LogP contribution in [0.1, 0.15) is 24.2 Å². The molecule has 2 rings (SSSR count). The lowest BCUT2D eigenvalue weighted by atomic mass is 10.1. The van der Waals surface area contributed by atoms with E-state index in [4.69, 9.17) is 11.6 Å². The number of amides is 1. The van der Waals surface area contributed by atoms with Gasteiger partial charge in [-0.1, -0.05) is 11.6 Å². The molecule has 0 saturated carbocycles. The van der Waals surface area contributed by atoms with Gasteiger partial charge in [0.1, 0.15) is 0 Å². The van der Waals surface area contributed by atoms with Crippen LogP contribution in [-0.2, 0) is 4.79 Å². The van der Waals surface area contributed by atoms with E-state index in [0.717, 1.165) is 31.9 Å². The predicted molar refractivity (Wildman–Crippen MR) is 75.9 cm³/mol. The molecule has 102 valence electrons. The summed E-state index contributed by atoms with van der Waals surface area (Å²) in [5.41, 5.74) is 1.55. The molecular formula is C14H17ClN2O2. The molecule has 0 unspecified atom stereocenters. The van der Waals surface area contributed by atoms with Crippen LogP contribution in [0.5, 0.6) is 0 Å². The third-order valence-electron chi connectivity index (χ3n) is 3.42. The number of Topliss-reactive ketones (excluding diaryl/α,β-unsaturated/α-hetero) is 1. The van der Waals surface area contributed by atoms with Crippen molar-refractivity contribution >= 4 is 29.0 Å². The summed E-state index contributed by atoms with van der Waals surface area (Å²) < 4.78 is 0. The minimum atomic E-state index is -0.0297. The molecular weight excluding hydrogens is 264 g/mol. The van der Waals surface area contributed by atoms with Crippen molar-refractivity contribution in [3.8, 4) is 0 Å². The standard InChI is InChI=1S/C14H17ClN2O2/c1-10(18)13-4-3-12(9-14(13)15)17-7-5-16(6-8-17)11(2)19/h3-4,9H,5-8H2,1-2H3. The Balaban J connectivity index is 2.10. The zero-order valence-corrected chi connectivity index (χ0v) is 11.9. The molecule has 1 aromatic carbocycles. The highest BCUT2D eigenvalue weighted by Gasteiger charge is 2.19. The highest BCUT2D eigenvalue weighted by Crippen LogP contribution is 2.25. The molecule has 4 nitrogen and oxygen atoms in total. The maximum atomic E-state index is 11.3. The summed E-state index contributed by atoms with van der Waals surface area (Å²) in [6.07, 6.45) is 0. The van der Waals surface area contributed by atoms with Crippen LogP contribution in [-0.4, -0.2) is 42.8 Å². The van der Waals surface area contributed by atoms with Crippen LogP contribution in [0.2, 0.25) is 5.02 Å². The smallest absolute Gasteiger partial charge is 0.219 e. The van der Waals surface area contributed by atoms with E-state index in [9.17, 15) is 9.59 Å². The largest absolute Gasteiger partial charge is 0.368 e. The SMILES string of the molecule is CC(=O)c1ccc(N2CCN(C(C)=O)CC2)cc1Cl. The van der Waals surface area contributed by atoms with E-state index in [-0.39, 0.29) is 11.7 Å². The topological polar surface area (TPSA) is 40.6 Å². The summed E-state index contributed by atoms with van der Waals surface area (Å²) in [6, 6.07) is 5.49. The first-order valence-electron chi connectivity index (χ1n) is 6.30. The quantitative estimate of drug-likeness (QED) is 0.780. The van der Waals surface area contributed by atoms with Gasteiger partial charge in [0.25, 0.3) is 0 Å². The average Bonchev–Trinajstić information content (AvgIpc) is 2.38. The first-order valence-corrected chi connectivity index (χ1v) is 6.68. The molecule has 1 amide bonds. The van der Waals surface area contributed by atoms with Gasteiger partial charge in [-0.3, -0.25) is 9.59 Å². The van der Waals surface area contributed by atoms with Gasteiger partial charge in [-0.2, -0.15) is 0 Å². The molecule has 1 saturated heterocycles. The number of carbonyl (C=O) groups excluding carboxylic acids is 2. The van der Waals surface area contributed by atoms with E-state index >= 15 is 0 Å². The van der Waals surface area contributed by atoms with Crippen molar-refractivity contribution in [2.24, 2.45) is 0 Å². The molecule has 1 aliphatic heterocycles. The van der Waals surface area contributed by atoms with Crippen LogP contribution in [0, 0.1) is 0 Å². The fourth-order valence-corrected chi connectivity index (χ4v) is 2.57. The summed E-state index contributed by atoms with van der Waals surface area (Å²) in [7, 11) is 0. The number of piperazine rings is 1. The Morgan fingerprint density at radius 2 is 1.74 bits per heavy atom. The van der Waals surface area contributed by atoms with Crippen molar-refractivity contribution < 1.29 is 9.59 Å². The number of carbonyl (C=O) groups is 2. The van der Waals surface area contributed by atoms with Gasteiger partial charge in [0, 0.05) is 44.4 Å². The van der Waals surface area contributed by atoms with Gasteiger partial charge >= 0.3 is 0 Å². The van der Waals surface area contributed by atoms with Gasteiger partial charge in [-0.05, 0) is 25.1 Å². The Labute approximate surface area is 117 Å². The second-order valence-electron chi connectivity index (χ2n) is 4.71. The van der Waals surface area contributed by atoms with Crippen molar-refractivity contribution in [3.63, 3.8) is 0 Å². The average molecular weight is 281 g/mol.